The van der Waals surface area contributed by atoms with E-state index in [2.05, 4.69) is 0 Å². The first-order valence-corrected chi connectivity index (χ1v) is 4.76. The lowest BCUT2D eigenvalue weighted by Crippen LogP contribution is -2.06. The van der Waals surface area contributed by atoms with E-state index in [-0.39, 0.29) is 0 Å². The minimum absolute atomic E-state index is 0.392. The Morgan fingerprint density at radius 1 is 1.08 bits per heavy atom. The van der Waals surface area contributed by atoms with Crippen molar-refractivity contribution in [3.63, 3.8) is 0 Å². The van der Waals surface area contributed by atoms with Crippen LogP contribution in [0.4, 0.5) is 0 Å². The first-order valence-electron chi connectivity index (χ1n) is 3.76. The zero-order valence-electron chi connectivity index (χ0n) is 6.84. The van der Waals surface area contributed by atoms with Gasteiger partial charge in [0.05, 0.1) is 26.4 Å². The van der Waals surface area contributed by atoms with Gasteiger partial charge in [0.1, 0.15) is 12.2 Å². The smallest absolute Gasteiger partial charge is 0.376 e. The Hall–Kier alpha value is -0.500. The summed E-state index contributed by atoms with van der Waals surface area (Å²) in [6, 6.07) is 0. The van der Waals surface area contributed by atoms with E-state index in [9.17, 15) is 0 Å². The molecular weight excluding hydrogens is 200 g/mol. The second-order valence-corrected chi connectivity index (χ2v) is 3.06. The Morgan fingerprint density at radius 3 is 1.62 bits per heavy atom. The van der Waals surface area contributed by atoms with Crippen molar-refractivity contribution in [2.24, 2.45) is 0 Å². The lowest BCUT2D eigenvalue weighted by molar-refractivity contribution is 0.102. The van der Waals surface area contributed by atoms with Crippen molar-refractivity contribution >= 4 is 10.6 Å². The molecule has 0 N–H and O–H groups in total. The highest BCUT2D eigenvalue weighted by Gasteiger charge is 2.26. The van der Waals surface area contributed by atoms with Gasteiger partial charge in [0.15, 0.2) is 0 Å². The molecule has 0 spiro atoms. The van der Waals surface area contributed by atoms with Gasteiger partial charge in [0.2, 0.25) is 0 Å². The molecule has 2 aliphatic heterocycles. The second kappa shape index (κ2) is 5.28. The quantitative estimate of drug-likeness (QED) is 0.541. The molecular formula is C6H10O6S. The molecule has 0 aliphatic carbocycles. The van der Waals surface area contributed by atoms with Gasteiger partial charge in [-0.15, -0.1) is 12.6 Å². The van der Waals surface area contributed by atoms with Gasteiger partial charge in [0.25, 0.3) is 0 Å². The summed E-state index contributed by atoms with van der Waals surface area (Å²) in [6.07, 6.45) is 0.785. The van der Waals surface area contributed by atoms with Gasteiger partial charge in [-0.05, 0) is 0 Å². The van der Waals surface area contributed by atoms with E-state index < -0.39 is 10.6 Å². The number of hydrogen-bond donors (Lipinski definition) is 0. The summed E-state index contributed by atoms with van der Waals surface area (Å²) >= 11 is 0. The molecule has 13 heavy (non-hydrogen) atoms. The highest BCUT2D eigenvalue weighted by molar-refractivity contribution is 7.59. The summed E-state index contributed by atoms with van der Waals surface area (Å²) in [5, 5.41) is 0. The number of epoxide rings is 2. The SMILES string of the molecule is C(OCC1CO1)C1CO1.O=S(=O)=O. The van der Waals surface area contributed by atoms with Crippen LogP contribution in [-0.4, -0.2) is 51.3 Å². The van der Waals surface area contributed by atoms with Crippen LogP contribution in [0, 0.1) is 0 Å². The first kappa shape index (κ1) is 10.6. The molecule has 0 amide bonds. The highest BCUT2D eigenvalue weighted by atomic mass is 32.2. The van der Waals surface area contributed by atoms with Crippen LogP contribution in [0.15, 0.2) is 0 Å². The monoisotopic (exact) mass is 210 g/mol. The first-order chi connectivity index (χ1) is 6.18. The van der Waals surface area contributed by atoms with Crippen LogP contribution in [0.2, 0.25) is 0 Å². The van der Waals surface area contributed by atoms with Gasteiger partial charge in [-0.3, -0.25) is 0 Å². The van der Waals surface area contributed by atoms with Crippen molar-refractivity contribution in [2.45, 2.75) is 12.2 Å². The van der Waals surface area contributed by atoms with E-state index in [0.717, 1.165) is 26.4 Å². The standard InChI is InChI=1S/C6H10O3.O3S/c1(5-3-8-5)7-2-6-4-9-6;1-4(2)3/h5-6H,1-4H2;. The summed E-state index contributed by atoms with van der Waals surface area (Å²) in [4.78, 5) is 0. The average Bonchev–Trinajstić information content (AvgIpc) is 2.78. The number of hydrogen-bond acceptors (Lipinski definition) is 6. The van der Waals surface area contributed by atoms with E-state index in [1.165, 1.54) is 0 Å². The van der Waals surface area contributed by atoms with Gasteiger partial charge in [-0.1, -0.05) is 0 Å². The van der Waals surface area contributed by atoms with Gasteiger partial charge in [-0.2, -0.15) is 0 Å². The third-order valence-corrected chi connectivity index (χ3v) is 1.41. The van der Waals surface area contributed by atoms with Crippen molar-refractivity contribution < 1.29 is 26.8 Å². The van der Waals surface area contributed by atoms with E-state index in [1.807, 2.05) is 0 Å². The zero-order chi connectivity index (χ0) is 9.68. The van der Waals surface area contributed by atoms with Crippen LogP contribution >= 0.6 is 0 Å². The maximum atomic E-state index is 8.44. The summed E-state index contributed by atoms with van der Waals surface area (Å²) in [5.74, 6) is 0. The van der Waals surface area contributed by atoms with Crippen molar-refractivity contribution in [2.75, 3.05) is 26.4 Å². The van der Waals surface area contributed by atoms with Crippen molar-refractivity contribution in [1.82, 2.24) is 0 Å². The lowest BCUT2D eigenvalue weighted by Gasteiger charge is -1.95. The number of ether oxygens (including phenoxy) is 3. The maximum absolute atomic E-state index is 8.44. The van der Waals surface area contributed by atoms with E-state index >= 15 is 0 Å². The third kappa shape index (κ3) is 7.85. The molecule has 0 aromatic heterocycles. The predicted molar refractivity (Wildman–Crippen MR) is 40.0 cm³/mol. The molecule has 0 radical (unpaired) electrons. The normalized spacial score (nSPS) is 28.6. The maximum Gasteiger partial charge on any atom is 0.425 e. The molecule has 2 fully saturated rings. The van der Waals surface area contributed by atoms with Crippen LogP contribution in [0.25, 0.3) is 0 Å². The molecule has 0 aromatic rings. The Labute approximate surface area is 76.8 Å². The molecule has 2 unspecified atom stereocenters. The molecule has 0 aromatic carbocycles. The molecule has 2 rings (SSSR count). The minimum atomic E-state index is -3.11. The molecule has 0 bridgehead atoms. The van der Waals surface area contributed by atoms with E-state index in [4.69, 9.17) is 26.8 Å². The molecule has 76 valence electrons. The average molecular weight is 210 g/mol. The Kier molecular flexibility index (Phi) is 4.29. The van der Waals surface area contributed by atoms with Gasteiger partial charge >= 0.3 is 10.6 Å². The Bertz CT molecular complexity index is 219. The van der Waals surface area contributed by atoms with Gasteiger partial charge in [0, 0.05) is 0 Å². The van der Waals surface area contributed by atoms with Crippen LogP contribution in [-0.2, 0) is 24.8 Å². The fraction of sp³-hybridized carbons (Fsp3) is 1.00. The Morgan fingerprint density at radius 2 is 1.38 bits per heavy atom. The van der Waals surface area contributed by atoms with Gasteiger partial charge in [-0.25, -0.2) is 0 Å². The molecule has 2 atom stereocenters. The van der Waals surface area contributed by atoms with E-state index in [0.29, 0.717) is 12.2 Å². The summed E-state index contributed by atoms with van der Waals surface area (Å²) in [7, 11) is -3.11. The molecule has 7 heteroatoms. The zero-order valence-corrected chi connectivity index (χ0v) is 7.66. The molecule has 6 nitrogen and oxygen atoms in total. The lowest BCUT2D eigenvalue weighted by atomic mass is 10.5. The fourth-order valence-electron chi connectivity index (χ4n) is 0.659. The largest absolute Gasteiger partial charge is 0.425 e. The van der Waals surface area contributed by atoms with Crippen molar-refractivity contribution in [3.8, 4) is 0 Å². The summed E-state index contributed by atoms with van der Waals surface area (Å²) in [6.45, 7) is 3.26. The van der Waals surface area contributed by atoms with Crippen LogP contribution in [0.5, 0.6) is 0 Å². The topological polar surface area (TPSA) is 85.5 Å². The molecule has 2 heterocycles. The van der Waals surface area contributed by atoms with Crippen molar-refractivity contribution in [3.05, 3.63) is 0 Å². The van der Waals surface area contributed by atoms with Crippen LogP contribution < -0.4 is 0 Å². The predicted octanol–water partition coefficient (Wildman–Crippen LogP) is -1.20. The third-order valence-electron chi connectivity index (χ3n) is 1.41. The highest BCUT2D eigenvalue weighted by Crippen LogP contribution is 2.12. The minimum Gasteiger partial charge on any atom is -0.376 e. The Balaban J connectivity index is 0.000000184. The van der Waals surface area contributed by atoms with Gasteiger partial charge < -0.3 is 14.2 Å². The molecule has 2 saturated heterocycles. The van der Waals surface area contributed by atoms with Crippen molar-refractivity contribution in [1.29, 1.82) is 0 Å². The van der Waals surface area contributed by atoms with Crippen LogP contribution in [0.3, 0.4) is 0 Å². The molecule has 2 aliphatic rings. The van der Waals surface area contributed by atoms with Crippen LogP contribution in [0.1, 0.15) is 0 Å². The summed E-state index contributed by atoms with van der Waals surface area (Å²) in [5.41, 5.74) is 0. The second-order valence-electron chi connectivity index (χ2n) is 2.65. The number of rotatable bonds is 4. The van der Waals surface area contributed by atoms with E-state index in [1.54, 1.807) is 0 Å². The fourth-order valence-corrected chi connectivity index (χ4v) is 0.659. The molecule has 0 saturated carbocycles. The summed E-state index contributed by atoms with van der Waals surface area (Å²) < 4.78 is 40.5.